The van der Waals surface area contributed by atoms with E-state index in [-0.39, 0.29) is 18.6 Å². The highest BCUT2D eigenvalue weighted by atomic mass is 16.6. The van der Waals surface area contributed by atoms with Gasteiger partial charge in [0, 0.05) is 6.42 Å². The molecular weight excluding hydrogens is 380 g/mol. The summed E-state index contributed by atoms with van der Waals surface area (Å²) in [4.78, 5) is 37.1. The second-order valence-corrected chi connectivity index (χ2v) is 6.90. The zero-order valence-electron chi connectivity index (χ0n) is 16.0. The lowest BCUT2D eigenvalue weighted by Gasteiger charge is -2.40. The third-order valence-electron chi connectivity index (χ3n) is 4.97. The highest BCUT2D eigenvalue weighted by molar-refractivity contribution is 5.95. The summed E-state index contributed by atoms with van der Waals surface area (Å²) in [6.45, 7) is 3.36. The lowest BCUT2D eigenvalue weighted by molar-refractivity contribution is -0.158. The molecular formula is C21H22O8. The van der Waals surface area contributed by atoms with Crippen molar-refractivity contribution >= 4 is 17.9 Å². The van der Waals surface area contributed by atoms with Crippen molar-refractivity contribution in [2.45, 2.75) is 38.3 Å². The Kier molecular flexibility index (Phi) is 5.86. The predicted molar refractivity (Wildman–Crippen MR) is 99.3 cm³/mol. The van der Waals surface area contributed by atoms with Crippen molar-refractivity contribution in [1.82, 2.24) is 0 Å². The second-order valence-electron chi connectivity index (χ2n) is 6.90. The van der Waals surface area contributed by atoms with E-state index in [1.807, 2.05) is 0 Å². The molecule has 4 atom stereocenters. The highest BCUT2D eigenvalue weighted by Crippen LogP contribution is 2.42. The predicted octanol–water partition coefficient (Wildman–Crippen LogP) is 1.27. The minimum atomic E-state index is -2.07. The molecule has 0 saturated carbocycles. The largest absolute Gasteiger partial charge is 0.465 e. The average Bonchev–Trinajstić information content (AvgIpc) is 3.04. The molecule has 154 valence electrons. The van der Waals surface area contributed by atoms with Gasteiger partial charge in [-0.25, -0.2) is 9.59 Å². The Morgan fingerprint density at radius 1 is 1.24 bits per heavy atom. The number of carbonyl (C=O) groups excluding carboxylic acids is 3. The minimum absolute atomic E-state index is 0.0802. The maximum atomic E-state index is 12.5. The van der Waals surface area contributed by atoms with E-state index in [9.17, 15) is 24.6 Å². The van der Waals surface area contributed by atoms with E-state index in [1.54, 1.807) is 44.2 Å². The molecule has 2 N–H and O–H groups in total. The Balaban J connectivity index is 1.95. The molecule has 1 aliphatic heterocycles. The van der Waals surface area contributed by atoms with E-state index in [4.69, 9.17) is 9.47 Å². The summed E-state index contributed by atoms with van der Waals surface area (Å²) >= 11 is 0. The molecule has 8 heteroatoms. The van der Waals surface area contributed by atoms with Gasteiger partial charge in [0.1, 0.15) is 17.6 Å². The van der Waals surface area contributed by atoms with Crippen LogP contribution in [0.3, 0.4) is 0 Å². The summed E-state index contributed by atoms with van der Waals surface area (Å²) in [7, 11) is 0. The number of carbonyl (C=O) groups is 3. The first-order chi connectivity index (χ1) is 13.8. The number of aliphatic hydroxyl groups is 2. The Hall–Kier alpha value is -2.97. The van der Waals surface area contributed by atoms with Gasteiger partial charge in [0.15, 0.2) is 0 Å². The lowest BCUT2D eigenvalue weighted by Crippen LogP contribution is -2.51. The van der Waals surface area contributed by atoms with E-state index in [0.717, 1.165) is 6.08 Å². The van der Waals surface area contributed by atoms with Crippen molar-refractivity contribution in [2.24, 2.45) is 5.92 Å². The summed E-state index contributed by atoms with van der Waals surface area (Å²) in [6, 6.07) is 8.31. The van der Waals surface area contributed by atoms with Crippen molar-refractivity contribution in [3.63, 3.8) is 0 Å². The summed E-state index contributed by atoms with van der Waals surface area (Å²) < 4.78 is 15.2. The van der Waals surface area contributed by atoms with E-state index in [2.05, 4.69) is 4.74 Å². The van der Waals surface area contributed by atoms with Gasteiger partial charge < -0.3 is 24.4 Å². The molecule has 8 nitrogen and oxygen atoms in total. The average molecular weight is 402 g/mol. The fourth-order valence-corrected chi connectivity index (χ4v) is 3.50. The Morgan fingerprint density at radius 2 is 1.93 bits per heavy atom. The number of rotatable bonds is 5. The number of hydrogen-bond donors (Lipinski definition) is 2. The van der Waals surface area contributed by atoms with Crippen LogP contribution in [0.2, 0.25) is 0 Å². The van der Waals surface area contributed by atoms with Gasteiger partial charge in [-0.15, -0.1) is 0 Å². The van der Waals surface area contributed by atoms with Crippen LogP contribution in [0.15, 0.2) is 53.6 Å². The molecule has 1 aromatic rings. The van der Waals surface area contributed by atoms with Crippen LogP contribution >= 0.6 is 0 Å². The Morgan fingerprint density at radius 3 is 2.52 bits per heavy atom. The summed E-state index contributed by atoms with van der Waals surface area (Å²) in [5, 5.41) is 21.0. The maximum Gasteiger partial charge on any atom is 0.339 e. The van der Waals surface area contributed by atoms with Gasteiger partial charge in [0.05, 0.1) is 17.7 Å². The van der Waals surface area contributed by atoms with Gasteiger partial charge in [0.2, 0.25) is 6.29 Å². The molecule has 0 saturated heterocycles. The monoisotopic (exact) mass is 402 g/mol. The third kappa shape index (κ3) is 4.08. The van der Waals surface area contributed by atoms with Crippen molar-refractivity contribution in [1.29, 1.82) is 0 Å². The van der Waals surface area contributed by atoms with E-state index in [0.29, 0.717) is 11.1 Å². The lowest BCUT2D eigenvalue weighted by atomic mass is 9.71. The maximum absolute atomic E-state index is 12.5. The number of esters is 3. The molecule has 2 aliphatic rings. The Labute approximate surface area is 167 Å². The van der Waals surface area contributed by atoms with Crippen LogP contribution in [-0.2, 0) is 23.8 Å². The summed E-state index contributed by atoms with van der Waals surface area (Å²) in [5.41, 5.74) is -1.48. The fourth-order valence-electron chi connectivity index (χ4n) is 3.50. The van der Waals surface area contributed by atoms with Crippen LogP contribution in [0.25, 0.3) is 0 Å². The number of ether oxygens (including phenoxy) is 3. The number of hydrogen-bond acceptors (Lipinski definition) is 8. The van der Waals surface area contributed by atoms with Crippen molar-refractivity contribution in [2.75, 3.05) is 6.61 Å². The van der Waals surface area contributed by atoms with Crippen LogP contribution in [0.4, 0.5) is 0 Å². The Bertz CT molecular complexity index is 872. The van der Waals surface area contributed by atoms with Crippen LogP contribution < -0.4 is 0 Å². The molecule has 0 radical (unpaired) electrons. The smallest absolute Gasteiger partial charge is 0.339 e. The van der Waals surface area contributed by atoms with E-state index < -0.39 is 41.8 Å². The van der Waals surface area contributed by atoms with Crippen LogP contribution in [0.1, 0.15) is 30.6 Å². The molecule has 0 bridgehead atoms. The standard InChI is InChI=1S/C21H22O8/c1-3-27-19(24)14-9-12(2)16(28-18(23)13-7-5-4-6-8-13)11-21(14,26)15-10-17(22)29-20(15)25/h4-10,14,16-17,22,26H,3,11H2,1-2H3/t14-,16-,17?,21-/m1/s1. The van der Waals surface area contributed by atoms with E-state index in [1.165, 1.54) is 6.08 Å². The first-order valence-electron chi connectivity index (χ1n) is 9.21. The van der Waals surface area contributed by atoms with Crippen LogP contribution in [-0.4, -0.2) is 52.7 Å². The zero-order valence-corrected chi connectivity index (χ0v) is 16.0. The van der Waals surface area contributed by atoms with E-state index >= 15 is 0 Å². The quantitative estimate of drug-likeness (QED) is 0.429. The summed E-state index contributed by atoms with van der Waals surface area (Å²) in [6.07, 6.45) is -0.237. The van der Waals surface area contributed by atoms with Gasteiger partial charge in [-0.2, -0.15) is 0 Å². The van der Waals surface area contributed by atoms with Crippen molar-refractivity contribution in [3.8, 4) is 0 Å². The fraction of sp³-hybridized carbons (Fsp3) is 0.381. The number of cyclic esters (lactones) is 1. The molecule has 0 aromatic heterocycles. The first kappa shape index (κ1) is 20.8. The van der Waals surface area contributed by atoms with Crippen molar-refractivity contribution in [3.05, 3.63) is 59.2 Å². The molecule has 1 aromatic carbocycles. The van der Waals surface area contributed by atoms with Gasteiger partial charge in [-0.1, -0.05) is 24.3 Å². The number of benzene rings is 1. The topological polar surface area (TPSA) is 119 Å². The normalized spacial score (nSPS) is 28.8. The first-order valence-corrected chi connectivity index (χ1v) is 9.21. The van der Waals surface area contributed by atoms with Gasteiger partial charge in [-0.05, 0) is 37.6 Å². The van der Waals surface area contributed by atoms with Gasteiger partial charge >= 0.3 is 17.9 Å². The molecule has 29 heavy (non-hydrogen) atoms. The van der Waals surface area contributed by atoms with Crippen molar-refractivity contribution < 1.29 is 38.8 Å². The minimum Gasteiger partial charge on any atom is -0.465 e. The molecule has 1 unspecified atom stereocenters. The molecule has 1 aliphatic carbocycles. The molecule has 0 spiro atoms. The second kappa shape index (κ2) is 8.18. The van der Waals surface area contributed by atoms with Gasteiger partial charge in [-0.3, -0.25) is 4.79 Å². The summed E-state index contributed by atoms with van der Waals surface area (Å²) in [5.74, 6) is -3.52. The molecule has 1 heterocycles. The highest BCUT2D eigenvalue weighted by Gasteiger charge is 2.53. The molecule has 3 rings (SSSR count). The SMILES string of the molecule is CCOC(=O)[C@H]1C=C(C)[C@H](OC(=O)c2ccccc2)C[C@]1(O)C1=CC(O)OC1=O. The number of aliphatic hydroxyl groups excluding tert-OH is 1. The third-order valence-corrected chi connectivity index (χ3v) is 4.97. The zero-order chi connectivity index (χ0) is 21.2. The van der Waals surface area contributed by atoms with Gasteiger partial charge in [0.25, 0.3) is 0 Å². The molecule has 0 fully saturated rings. The van der Waals surface area contributed by atoms with Crippen LogP contribution in [0.5, 0.6) is 0 Å². The molecule has 0 amide bonds. The van der Waals surface area contributed by atoms with Crippen LogP contribution in [0, 0.1) is 5.92 Å².